The molecule has 1 saturated carbocycles. The number of nitrogens with one attached hydrogen (secondary N) is 1. The molecular weight excluding hydrogens is 304 g/mol. The summed E-state index contributed by atoms with van der Waals surface area (Å²) in [4.78, 5) is 25.0. The van der Waals surface area contributed by atoms with Gasteiger partial charge in [0, 0.05) is 12.1 Å². The van der Waals surface area contributed by atoms with Crippen LogP contribution < -0.4 is 5.32 Å². The molecule has 0 bridgehead atoms. The lowest BCUT2D eigenvalue weighted by molar-refractivity contribution is -0.139. The van der Waals surface area contributed by atoms with Crippen LogP contribution in [-0.4, -0.2) is 47.1 Å². The topological polar surface area (TPSA) is 69.6 Å². The Balaban J connectivity index is 1.88. The van der Waals surface area contributed by atoms with Gasteiger partial charge in [0.15, 0.2) is 0 Å². The van der Waals surface area contributed by atoms with E-state index in [1.54, 1.807) is 6.07 Å². The van der Waals surface area contributed by atoms with Crippen molar-refractivity contribution in [2.24, 2.45) is 0 Å². The minimum Gasteiger partial charge on any atom is -0.480 e. The Morgan fingerprint density at radius 3 is 2.68 bits per heavy atom. The Labute approximate surface area is 135 Å². The number of benzene rings is 1. The third kappa shape index (κ3) is 3.78. The van der Waals surface area contributed by atoms with E-state index in [9.17, 15) is 9.59 Å². The SMILES string of the molecule is CCN(CC(=O)O)C1CC(NC(=O)c2cccc(C)c2Cl)C1. The number of hydrogen-bond donors (Lipinski definition) is 2. The van der Waals surface area contributed by atoms with Crippen LogP contribution in [0.3, 0.4) is 0 Å². The maximum Gasteiger partial charge on any atom is 0.317 e. The number of amides is 1. The summed E-state index contributed by atoms with van der Waals surface area (Å²) in [5.41, 5.74) is 1.36. The van der Waals surface area contributed by atoms with E-state index in [1.165, 1.54) is 0 Å². The Morgan fingerprint density at radius 1 is 1.41 bits per heavy atom. The van der Waals surface area contributed by atoms with Gasteiger partial charge in [0.05, 0.1) is 17.1 Å². The fourth-order valence-electron chi connectivity index (χ4n) is 2.76. The molecule has 1 aromatic rings. The van der Waals surface area contributed by atoms with Gasteiger partial charge in [-0.25, -0.2) is 0 Å². The van der Waals surface area contributed by atoms with E-state index in [2.05, 4.69) is 5.32 Å². The Kier molecular flexibility index (Phi) is 5.42. The van der Waals surface area contributed by atoms with Gasteiger partial charge in [0.1, 0.15) is 0 Å². The molecule has 22 heavy (non-hydrogen) atoms. The molecule has 2 N–H and O–H groups in total. The van der Waals surface area contributed by atoms with Gasteiger partial charge in [-0.1, -0.05) is 30.7 Å². The first-order chi connectivity index (χ1) is 10.4. The number of aliphatic carboxylic acids is 1. The summed E-state index contributed by atoms with van der Waals surface area (Å²) < 4.78 is 0. The van der Waals surface area contributed by atoms with Crippen molar-refractivity contribution in [2.75, 3.05) is 13.1 Å². The molecule has 0 heterocycles. The predicted octanol–water partition coefficient (Wildman–Crippen LogP) is 2.32. The third-order valence-corrected chi connectivity index (χ3v) is 4.65. The van der Waals surface area contributed by atoms with Gasteiger partial charge in [0.25, 0.3) is 5.91 Å². The lowest BCUT2D eigenvalue weighted by Gasteiger charge is -2.42. The van der Waals surface area contributed by atoms with E-state index in [0.717, 1.165) is 18.4 Å². The first-order valence-electron chi connectivity index (χ1n) is 7.44. The molecule has 5 nitrogen and oxygen atoms in total. The van der Waals surface area contributed by atoms with Crippen molar-refractivity contribution in [3.63, 3.8) is 0 Å². The van der Waals surface area contributed by atoms with Crippen LogP contribution in [0.25, 0.3) is 0 Å². The van der Waals surface area contributed by atoms with Crippen molar-refractivity contribution >= 4 is 23.5 Å². The second kappa shape index (κ2) is 7.11. The normalized spacial score (nSPS) is 20.5. The third-order valence-electron chi connectivity index (χ3n) is 4.15. The molecule has 1 aliphatic rings. The van der Waals surface area contributed by atoms with Crippen molar-refractivity contribution in [2.45, 2.75) is 38.8 Å². The Bertz CT molecular complexity index is 571. The maximum absolute atomic E-state index is 12.2. The molecule has 0 radical (unpaired) electrons. The number of hydrogen-bond acceptors (Lipinski definition) is 3. The molecule has 0 aliphatic heterocycles. The zero-order chi connectivity index (χ0) is 16.3. The first-order valence-corrected chi connectivity index (χ1v) is 7.82. The van der Waals surface area contributed by atoms with E-state index in [0.29, 0.717) is 17.1 Å². The minimum atomic E-state index is -0.819. The average molecular weight is 325 g/mol. The second-order valence-electron chi connectivity index (χ2n) is 5.69. The van der Waals surface area contributed by atoms with Gasteiger partial charge >= 0.3 is 5.97 Å². The van der Waals surface area contributed by atoms with Crippen LogP contribution >= 0.6 is 11.6 Å². The van der Waals surface area contributed by atoms with Crippen LogP contribution in [-0.2, 0) is 4.79 Å². The lowest BCUT2D eigenvalue weighted by atomic mass is 9.85. The van der Waals surface area contributed by atoms with Crippen molar-refractivity contribution in [1.29, 1.82) is 0 Å². The number of carboxylic acid groups (broad SMARTS) is 1. The highest BCUT2D eigenvalue weighted by atomic mass is 35.5. The fraction of sp³-hybridized carbons (Fsp3) is 0.500. The number of halogens is 1. The summed E-state index contributed by atoms with van der Waals surface area (Å²) in [6.45, 7) is 4.55. The minimum absolute atomic E-state index is 0.0472. The molecule has 1 amide bonds. The molecule has 1 aromatic carbocycles. The van der Waals surface area contributed by atoms with E-state index in [-0.39, 0.29) is 24.5 Å². The maximum atomic E-state index is 12.2. The first kappa shape index (κ1) is 16.8. The Hall–Kier alpha value is -1.59. The largest absolute Gasteiger partial charge is 0.480 e. The monoisotopic (exact) mass is 324 g/mol. The predicted molar refractivity (Wildman–Crippen MR) is 85.3 cm³/mol. The number of likely N-dealkylation sites (N-methyl/N-ethyl adjacent to an activating group) is 1. The van der Waals surface area contributed by atoms with Crippen LogP contribution in [0.5, 0.6) is 0 Å². The van der Waals surface area contributed by atoms with Gasteiger partial charge in [-0.05, 0) is 37.9 Å². The highest BCUT2D eigenvalue weighted by Gasteiger charge is 2.34. The second-order valence-corrected chi connectivity index (χ2v) is 6.07. The van der Waals surface area contributed by atoms with Gasteiger partial charge in [0.2, 0.25) is 0 Å². The number of nitrogens with zero attached hydrogens (tertiary/aromatic N) is 1. The number of carbonyl (C=O) groups is 2. The molecule has 2 rings (SSSR count). The number of carbonyl (C=O) groups excluding carboxylic acids is 1. The Morgan fingerprint density at radius 2 is 2.09 bits per heavy atom. The number of aryl methyl sites for hydroxylation is 1. The molecule has 1 aliphatic carbocycles. The zero-order valence-electron chi connectivity index (χ0n) is 12.8. The van der Waals surface area contributed by atoms with Gasteiger partial charge in [-0.15, -0.1) is 0 Å². The summed E-state index contributed by atoms with van der Waals surface area (Å²) in [6, 6.07) is 5.69. The van der Waals surface area contributed by atoms with E-state index < -0.39 is 5.97 Å². The molecule has 0 aromatic heterocycles. The van der Waals surface area contributed by atoms with Gasteiger partial charge in [-0.2, -0.15) is 0 Å². The average Bonchev–Trinajstić information content (AvgIpc) is 2.42. The molecule has 1 fully saturated rings. The summed E-state index contributed by atoms with van der Waals surface area (Å²) in [5.74, 6) is -0.987. The van der Waals surface area contributed by atoms with Gasteiger partial charge in [-0.3, -0.25) is 14.5 Å². The molecule has 0 saturated heterocycles. The summed E-state index contributed by atoms with van der Waals surface area (Å²) in [6.07, 6.45) is 1.55. The highest BCUT2D eigenvalue weighted by molar-refractivity contribution is 6.34. The van der Waals surface area contributed by atoms with E-state index in [1.807, 2.05) is 30.9 Å². The van der Waals surface area contributed by atoms with E-state index >= 15 is 0 Å². The number of carboxylic acids is 1. The summed E-state index contributed by atoms with van der Waals surface area (Å²) >= 11 is 6.16. The highest BCUT2D eigenvalue weighted by Crippen LogP contribution is 2.27. The summed E-state index contributed by atoms with van der Waals surface area (Å²) in [5, 5.41) is 12.3. The van der Waals surface area contributed by atoms with Crippen molar-refractivity contribution in [3.05, 3.63) is 34.3 Å². The molecule has 120 valence electrons. The van der Waals surface area contributed by atoms with Crippen molar-refractivity contribution in [1.82, 2.24) is 10.2 Å². The fourth-order valence-corrected chi connectivity index (χ4v) is 2.97. The zero-order valence-corrected chi connectivity index (χ0v) is 13.6. The van der Waals surface area contributed by atoms with Crippen LogP contribution in [0.2, 0.25) is 5.02 Å². The van der Waals surface area contributed by atoms with Crippen LogP contribution in [0.4, 0.5) is 0 Å². The smallest absolute Gasteiger partial charge is 0.317 e. The quantitative estimate of drug-likeness (QED) is 0.842. The van der Waals surface area contributed by atoms with Crippen LogP contribution in [0.1, 0.15) is 35.7 Å². The standard InChI is InChI=1S/C16H21ClN2O3/c1-3-19(9-14(20)21)12-7-11(8-12)18-16(22)13-6-4-5-10(2)15(13)17/h4-6,11-12H,3,7-9H2,1-2H3,(H,18,22)(H,20,21). The molecule has 0 unspecified atom stereocenters. The lowest BCUT2D eigenvalue weighted by Crippen LogP contribution is -2.54. The molecular formula is C16H21ClN2O3. The molecule has 0 atom stereocenters. The van der Waals surface area contributed by atoms with Crippen LogP contribution in [0, 0.1) is 6.92 Å². The summed E-state index contributed by atoms with van der Waals surface area (Å²) in [7, 11) is 0. The van der Waals surface area contributed by atoms with E-state index in [4.69, 9.17) is 16.7 Å². The van der Waals surface area contributed by atoms with Crippen molar-refractivity contribution < 1.29 is 14.7 Å². The molecule has 6 heteroatoms. The van der Waals surface area contributed by atoms with Gasteiger partial charge < -0.3 is 10.4 Å². The molecule has 0 spiro atoms. The van der Waals surface area contributed by atoms with Crippen LogP contribution in [0.15, 0.2) is 18.2 Å². The number of rotatable bonds is 6. The van der Waals surface area contributed by atoms with Crippen molar-refractivity contribution in [3.8, 4) is 0 Å².